The van der Waals surface area contributed by atoms with Crippen LogP contribution in [0.1, 0.15) is 11.1 Å². The Morgan fingerprint density at radius 1 is 1.00 bits per heavy atom. The zero-order valence-electron chi connectivity index (χ0n) is 11.3. The molecule has 0 aliphatic rings. The third-order valence-electron chi connectivity index (χ3n) is 2.77. The maximum Gasteiger partial charge on any atom is 0.120 e. The Bertz CT molecular complexity index is 606. The minimum absolute atomic E-state index is 0.145. The highest BCUT2D eigenvalue weighted by atomic mass is 16.5. The lowest BCUT2D eigenvalue weighted by atomic mass is 10.1. The van der Waals surface area contributed by atoms with Crippen LogP contribution in [0.2, 0.25) is 0 Å². The second-order valence-corrected chi connectivity index (χ2v) is 4.08. The second-order valence-electron chi connectivity index (χ2n) is 4.08. The molecule has 0 heterocycles. The number of hydrogen-bond donors (Lipinski definition) is 1. The van der Waals surface area contributed by atoms with Gasteiger partial charge in [-0.15, -0.1) is 0 Å². The summed E-state index contributed by atoms with van der Waals surface area (Å²) in [7, 11) is 1.63. The van der Waals surface area contributed by atoms with Gasteiger partial charge in [-0.1, -0.05) is 30.0 Å². The van der Waals surface area contributed by atoms with Gasteiger partial charge in [0.15, 0.2) is 0 Å². The summed E-state index contributed by atoms with van der Waals surface area (Å²) in [4.78, 5) is 0. The van der Waals surface area contributed by atoms with Gasteiger partial charge in [0, 0.05) is 11.1 Å². The molecule has 0 fully saturated rings. The number of aliphatic hydroxyl groups excluding tert-OH is 1. The van der Waals surface area contributed by atoms with E-state index in [-0.39, 0.29) is 6.61 Å². The molecular weight excluding hydrogens is 252 g/mol. The molecule has 0 aromatic heterocycles. The molecular formula is C17H16O3. The first-order valence-electron chi connectivity index (χ1n) is 6.28. The van der Waals surface area contributed by atoms with Crippen LogP contribution in [-0.2, 0) is 6.61 Å². The largest absolute Gasteiger partial charge is 0.497 e. The fourth-order valence-electron chi connectivity index (χ4n) is 1.74. The van der Waals surface area contributed by atoms with Crippen LogP contribution in [0.4, 0.5) is 0 Å². The number of benzene rings is 2. The third-order valence-corrected chi connectivity index (χ3v) is 2.77. The summed E-state index contributed by atoms with van der Waals surface area (Å²) >= 11 is 0. The SMILES string of the molecule is COc1ccc(OCc2ccccc2C#CCO)cc1. The molecule has 2 aromatic carbocycles. The standard InChI is InChI=1S/C17H16O3/c1-19-16-8-10-17(11-9-16)20-13-15-6-3-2-5-14(15)7-4-12-18/h2-3,5-6,8-11,18H,12-13H2,1H3. The molecule has 0 saturated heterocycles. The Morgan fingerprint density at radius 2 is 1.70 bits per heavy atom. The van der Waals surface area contributed by atoms with Crippen LogP contribution in [0, 0.1) is 11.8 Å². The summed E-state index contributed by atoms with van der Waals surface area (Å²) in [6, 6.07) is 15.2. The average Bonchev–Trinajstić information content (AvgIpc) is 2.52. The molecule has 0 unspecified atom stereocenters. The average molecular weight is 268 g/mol. The zero-order chi connectivity index (χ0) is 14.2. The van der Waals surface area contributed by atoms with Crippen LogP contribution in [0.25, 0.3) is 0 Å². The van der Waals surface area contributed by atoms with Crippen molar-refractivity contribution in [1.29, 1.82) is 0 Å². The highest BCUT2D eigenvalue weighted by Crippen LogP contribution is 2.19. The molecule has 0 amide bonds. The van der Waals surface area contributed by atoms with Crippen LogP contribution in [0.3, 0.4) is 0 Å². The van der Waals surface area contributed by atoms with E-state index < -0.39 is 0 Å². The predicted molar refractivity (Wildman–Crippen MR) is 77.7 cm³/mol. The van der Waals surface area contributed by atoms with Gasteiger partial charge >= 0.3 is 0 Å². The molecule has 0 atom stereocenters. The van der Waals surface area contributed by atoms with E-state index in [0.29, 0.717) is 6.61 Å². The van der Waals surface area contributed by atoms with Crippen molar-refractivity contribution in [1.82, 2.24) is 0 Å². The minimum atomic E-state index is -0.145. The van der Waals surface area contributed by atoms with Crippen molar-refractivity contribution < 1.29 is 14.6 Å². The number of methoxy groups -OCH3 is 1. The van der Waals surface area contributed by atoms with Gasteiger partial charge in [-0.05, 0) is 30.3 Å². The topological polar surface area (TPSA) is 38.7 Å². The van der Waals surface area contributed by atoms with E-state index in [9.17, 15) is 0 Å². The summed E-state index contributed by atoms with van der Waals surface area (Å²) < 4.78 is 10.8. The highest BCUT2D eigenvalue weighted by Gasteiger charge is 2.01. The summed E-state index contributed by atoms with van der Waals surface area (Å²) in [5.74, 6) is 7.14. The molecule has 1 N–H and O–H groups in total. The van der Waals surface area contributed by atoms with Gasteiger partial charge < -0.3 is 14.6 Å². The normalized spacial score (nSPS) is 9.50. The van der Waals surface area contributed by atoms with E-state index in [4.69, 9.17) is 14.6 Å². The minimum Gasteiger partial charge on any atom is -0.497 e. The lowest BCUT2D eigenvalue weighted by Gasteiger charge is -2.08. The van der Waals surface area contributed by atoms with Crippen molar-refractivity contribution in [3.05, 3.63) is 59.7 Å². The Kier molecular flexibility index (Phi) is 5.05. The lowest BCUT2D eigenvalue weighted by Crippen LogP contribution is -1.98. The zero-order valence-corrected chi connectivity index (χ0v) is 11.3. The molecule has 20 heavy (non-hydrogen) atoms. The van der Waals surface area contributed by atoms with Crippen LogP contribution in [-0.4, -0.2) is 18.8 Å². The van der Waals surface area contributed by atoms with Gasteiger partial charge in [-0.25, -0.2) is 0 Å². The predicted octanol–water partition coefficient (Wildman–Crippen LogP) is 2.62. The van der Waals surface area contributed by atoms with Crippen LogP contribution >= 0.6 is 0 Å². The molecule has 102 valence electrons. The summed E-state index contributed by atoms with van der Waals surface area (Å²) in [6.45, 7) is 0.288. The summed E-state index contributed by atoms with van der Waals surface area (Å²) in [5, 5.41) is 8.76. The number of aliphatic hydroxyl groups is 1. The monoisotopic (exact) mass is 268 g/mol. The Hall–Kier alpha value is -2.44. The Morgan fingerprint density at radius 3 is 2.40 bits per heavy atom. The lowest BCUT2D eigenvalue weighted by molar-refractivity contribution is 0.305. The highest BCUT2D eigenvalue weighted by molar-refractivity contribution is 5.41. The van der Waals surface area contributed by atoms with Gasteiger partial charge in [-0.2, -0.15) is 0 Å². The van der Waals surface area contributed by atoms with Crippen molar-refractivity contribution in [3.8, 4) is 23.3 Å². The van der Waals surface area contributed by atoms with Crippen LogP contribution in [0.5, 0.6) is 11.5 Å². The number of ether oxygens (including phenoxy) is 2. The van der Waals surface area contributed by atoms with Gasteiger partial charge in [0.2, 0.25) is 0 Å². The first kappa shape index (κ1) is 14.0. The van der Waals surface area contributed by atoms with E-state index >= 15 is 0 Å². The smallest absolute Gasteiger partial charge is 0.120 e. The van der Waals surface area contributed by atoms with Crippen molar-refractivity contribution in [2.45, 2.75) is 6.61 Å². The van der Waals surface area contributed by atoms with Crippen molar-refractivity contribution in [2.24, 2.45) is 0 Å². The Balaban J connectivity index is 2.06. The van der Waals surface area contributed by atoms with Gasteiger partial charge in [-0.3, -0.25) is 0 Å². The van der Waals surface area contributed by atoms with E-state index in [1.807, 2.05) is 48.5 Å². The maximum atomic E-state index is 8.76. The van der Waals surface area contributed by atoms with Gasteiger partial charge in [0.25, 0.3) is 0 Å². The van der Waals surface area contributed by atoms with Crippen LogP contribution in [0.15, 0.2) is 48.5 Å². The third kappa shape index (κ3) is 3.78. The van der Waals surface area contributed by atoms with Gasteiger partial charge in [0.1, 0.15) is 24.7 Å². The summed E-state index contributed by atoms with van der Waals surface area (Å²) in [6.07, 6.45) is 0. The van der Waals surface area contributed by atoms with Gasteiger partial charge in [0.05, 0.1) is 7.11 Å². The molecule has 2 rings (SSSR count). The fraction of sp³-hybridized carbons (Fsp3) is 0.176. The van der Waals surface area contributed by atoms with E-state index in [2.05, 4.69) is 11.8 Å². The molecule has 0 aliphatic carbocycles. The van der Waals surface area contributed by atoms with Crippen LogP contribution < -0.4 is 9.47 Å². The van der Waals surface area contributed by atoms with E-state index in [1.54, 1.807) is 7.11 Å². The molecule has 0 saturated carbocycles. The maximum absolute atomic E-state index is 8.76. The summed E-state index contributed by atoms with van der Waals surface area (Å²) in [5.41, 5.74) is 1.86. The number of hydrogen-bond acceptors (Lipinski definition) is 3. The van der Waals surface area contributed by atoms with Crippen molar-refractivity contribution in [3.63, 3.8) is 0 Å². The van der Waals surface area contributed by atoms with Crippen molar-refractivity contribution >= 4 is 0 Å². The van der Waals surface area contributed by atoms with E-state index in [0.717, 1.165) is 22.6 Å². The Labute approximate surface area is 118 Å². The first-order chi connectivity index (χ1) is 9.83. The molecule has 0 radical (unpaired) electrons. The van der Waals surface area contributed by atoms with Crippen molar-refractivity contribution in [2.75, 3.05) is 13.7 Å². The molecule has 0 aliphatic heterocycles. The molecule has 0 spiro atoms. The number of rotatable bonds is 4. The first-order valence-corrected chi connectivity index (χ1v) is 6.28. The molecule has 0 bridgehead atoms. The van der Waals surface area contributed by atoms with E-state index in [1.165, 1.54) is 0 Å². The molecule has 3 nitrogen and oxygen atoms in total. The fourth-order valence-corrected chi connectivity index (χ4v) is 1.74. The quantitative estimate of drug-likeness (QED) is 0.866. The molecule has 2 aromatic rings. The molecule has 3 heteroatoms. The second kappa shape index (κ2) is 7.22.